The minimum Gasteiger partial charge on any atom is -0.491 e. The van der Waals surface area contributed by atoms with Crippen molar-refractivity contribution >= 4 is 11.9 Å². The number of rotatable bonds is 10. The van der Waals surface area contributed by atoms with Gasteiger partial charge in [-0.2, -0.15) is 0 Å². The van der Waals surface area contributed by atoms with E-state index in [4.69, 9.17) is 29.3 Å². The predicted octanol–water partition coefficient (Wildman–Crippen LogP) is 3.37. The Hall–Kier alpha value is -2.90. The predicted molar refractivity (Wildman–Crippen MR) is 120 cm³/mol. The van der Waals surface area contributed by atoms with Gasteiger partial charge in [0.1, 0.15) is 12.4 Å². The lowest BCUT2D eigenvalue weighted by molar-refractivity contribution is -0.159. The van der Waals surface area contributed by atoms with Gasteiger partial charge >= 0.3 is 11.9 Å². The average Bonchev–Trinajstić information content (AvgIpc) is 2.73. The third-order valence-electron chi connectivity index (χ3n) is 4.22. The molecule has 0 aliphatic carbocycles. The van der Waals surface area contributed by atoms with Crippen LogP contribution in [0.1, 0.15) is 31.9 Å². The van der Waals surface area contributed by atoms with Gasteiger partial charge in [0.05, 0.1) is 13.2 Å². The number of ether oxygens (including phenoxy) is 2. The Bertz CT molecular complexity index is 774. The van der Waals surface area contributed by atoms with Gasteiger partial charge in [-0.1, -0.05) is 69.3 Å². The molecule has 2 aromatic rings. The Morgan fingerprint density at radius 3 is 2.06 bits per heavy atom. The normalized spacial score (nSPS) is 10.7. The molecule has 2 aromatic carbocycles. The molecule has 170 valence electrons. The van der Waals surface area contributed by atoms with Crippen LogP contribution in [-0.4, -0.2) is 55.1 Å². The summed E-state index contributed by atoms with van der Waals surface area (Å²) in [6.45, 7) is 10.3. The lowest BCUT2D eigenvalue weighted by Gasteiger charge is -2.22. The smallest absolute Gasteiger partial charge is 0.414 e. The summed E-state index contributed by atoms with van der Waals surface area (Å²) in [6.07, 6.45) is 1.05. The zero-order valence-corrected chi connectivity index (χ0v) is 18.5. The fourth-order valence-corrected chi connectivity index (χ4v) is 2.67. The van der Waals surface area contributed by atoms with Crippen LogP contribution in [0.2, 0.25) is 0 Å². The summed E-state index contributed by atoms with van der Waals surface area (Å²) in [4.78, 5) is 18.2. The Morgan fingerprint density at radius 2 is 1.45 bits per heavy atom. The van der Waals surface area contributed by atoms with Gasteiger partial charge in [-0.05, 0) is 35.6 Å². The van der Waals surface area contributed by atoms with Crippen LogP contribution in [0, 0.1) is 0 Å². The van der Waals surface area contributed by atoms with Gasteiger partial charge in [-0.15, -0.1) is 0 Å². The van der Waals surface area contributed by atoms with E-state index in [0.717, 1.165) is 25.3 Å². The summed E-state index contributed by atoms with van der Waals surface area (Å²) >= 11 is 0. The molecule has 0 saturated carbocycles. The Balaban J connectivity index is 0.000000703. The van der Waals surface area contributed by atoms with Crippen LogP contribution in [0.5, 0.6) is 5.75 Å². The zero-order valence-electron chi connectivity index (χ0n) is 18.5. The number of benzene rings is 2. The highest BCUT2D eigenvalue weighted by atomic mass is 16.5. The van der Waals surface area contributed by atoms with Gasteiger partial charge in [-0.3, -0.25) is 0 Å². The minimum atomic E-state index is -1.82. The molecule has 2 rings (SSSR count). The van der Waals surface area contributed by atoms with Gasteiger partial charge in [0.2, 0.25) is 0 Å². The standard InChI is InChI=1S/C22H31NO2.C2H2O4/c1-22(2,3)20-11-7-8-12-21(20)25-18-17-24-16-15-23-14-13-19-9-5-4-6-10-19;3-1(4)2(5)6/h4-12,23H,13-18H2,1-3H3;(H,3,4)(H,5,6). The molecule has 0 bridgehead atoms. The fourth-order valence-electron chi connectivity index (χ4n) is 2.67. The molecule has 7 nitrogen and oxygen atoms in total. The van der Waals surface area contributed by atoms with Crippen LogP contribution in [-0.2, 0) is 26.2 Å². The van der Waals surface area contributed by atoms with Crippen molar-refractivity contribution in [1.82, 2.24) is 5.32 Å². The molecule has 0 spiro atoms. The van der Waals surface area contributed by atoms with Crippen LogP contribution in [0.4, 0.5) is 0 Å². The van der Waals surface area contributed by atoms with Crippen molar-refractivity contribution in [2.24, 2.45) is 0 Å². The van der Waals surface area contributed by atoms with Crippen LogP contribution in [0.25, 0.3) is 0 Å². The highest BCUT2D eigenvalue weighted by Crippen LogP contribution is 2.30. The van der Waals surface area contributed by atoms with Crippen molar-refractivity contribution < 1.29 is 29.3 Å². The van der Waals surface area contributed by atoms with Crippen LogP contribution in [0.3, 0.4) is 0 Å². The lowest BCUT2D eigenvalue weighted by Crippen LogP contribution is -2.23. The Labute approximate surface area is 184 Å². The van der Waals surface area contributed by atoms with E-state index in [1.54, 1.807) is 0 Å². The van der Waals surface area contributed by atoms with Crippen molar-refractivity contribution in [1.29, 1.82) is 0 Å². The van der Waals surface area contributed by atoms with Crippen molar-refractivity contribution in [2.45, 2.75) is 32.6 Å². The second kappa shape index (κ2) is 14.2. The van der Waals surface area contributed by atoms with E-state index in [9.17, 15) is 0 Å². The highest BCUT2D eigenvalue weighted by molar-refractivity contribution is 6.27. The molecular formula is C24H33NO6. The molecule has 7 heteroatoms. The number of nitrogens with one attached hydrogen (secondary N) is 1. The second-order valence-electron chi connectivity index (χ2n) is 7.80. The van der Waals surface area contributed by atoms with Crippen molar-refractivity contribution in [3.63, 3.8) is 0 Å². The first-order chi connectivity index (χ1) is 14.7. The van der Waals surface area contributed by atoms with E-state index in [2.05, 4.69) is 62.5 Å². The molecule has 0 unspecified atom stereocenters. The highest BCUT2D eigenvalue weighted by Gasteiger charge is 2.18. The number of aliphatic carboxylic acids is 2. The molecule has 0 aliphatic rings. The number of carboxylic acid groups (broad SMARTS) is 2. The third kappa shape index (κ3) is 11.8. The summed E-state index contributed by atoms with van der Waals surface area (Å²) in [5, 5.41) is 18.2. The maximum atomic E-state index is 9.10. The number of hydrogen-bond donors (Lipinski definition) is 3. The fraction of sp³-hybridized carbons (Fsp3) is 0.417. The summed E-state index contributed by atoms with van der Waals surface area (Å²) < 4.78 is 11.5. The van der Waals surface area contributed by atoms with Crippen molar-refractivity contribution in [2.75, 3.05) is 32.9 Å². The van der Waals surface area contributed by atoms with E-state index < -0.39 is 11.9 Å². The van der Waals surface area contributed by atoms with Crippen molar-refractivity contribution in [3.8, 4) is 5.75 Å². The molecule has 0 saturated heterocycles. The van der Waals surface area contributed by atoms with E-state index in [0.29, 0.717) is 19.8 Å². The molecule has 31 heavy (non-hydrogen) atoms. The summed E-state index contributed by atoms with van der Waals surface area (Å²) in [6, 6.07) is 18.8. The first-order valence-electron chi connectivity index (χ1n) is 10.2. The third-order valence-corrected chi connectivity index (χ3v) is 4.22. The first-order valence-corrected chi connectivity index (χ1v) is 10.2. The SMILES string of the molecule is CC(C)(C)c1ccccc1OCCOCCNCCc1ccccc1.O=C(O)C(=O)O. The molecule has 0 amide bonds. The molecule has 0 radical (unpaired) electrons. The summed E-state index contributed by atoms with van der Waals surface area (Å²) in [5.74, 6) is -2.69. The van der Waals surface area contributed by atoms with Gasteiger partial charge in [0.25, 0.3) is 0 Å². The summed E-state index contributed by atoms with van der Waals surface area (Å²) in [5.41, 5.74) is 2.68. The number of carboxylic acids is 2. The molecule has 0 fully saturated rings. The zero-order chi connectivity index (χ0) is 23.1. The number of carbonyl (C=O) groups is 2. The molecule has 0 atom stereocenters. The topological polar surface area (TPSA) is 105 Å². The van der Waals surface area contributed by atoms with E-state index >= 15 is 0 Å². The Kier molecular flexibility index (Phi) is 11.9. The van der Waals surface area contributed by atoms with Crippen LogP contribution < -0.4 is 10.1 Å². The average molecular weight is 432 g/mol. The minimum absolute atomic E-state index is 0.0835. The maximum absolute atomic E-state index is 9.10. The van der Waals surface area contributed by atoms with Gasteiger partial charge in [-0.25, -0.2) is 9.59 Å². The maximum Gasteiger partial charge on any atom is 0.414 e. The number of para-hydroxylation sites is 1. The largest absolute Gasteiger partial charge is 0.491 e. The monoisotopic (exact) mass is 431 g/mol. The van der Waals surface area contributed by atoms with Crippen LogP contribution >= 0.6 is 0 Å². The van der Waals surface area contributed by atoms with Gasteiger partial charge in [0.15, 0.2) is 0 Å². The second-order valence-corrected chi connectivity index (χ2v) is 7.80. The van der Waals surface area contributed by atoms with Gasteiger partial charge < -0.3 is 25.0 Å². The van der Waals surface area contributed by atoms with E-state index in [1.165, 1.54) is 11.1 Å². The molecule has 3 N–H and O–H groups in total. The van der Waals surface area contributed by atoms with E-state index in [1.807, 2.05) is 18.2 Å². The van der Waals surface area contributed by atoms with Crippen molar-refractivity contribution in [3.05, 3.63) is 65.7 Å². The quantitative estimate of drug-likeness (QED) is 0.391. The lowest BCUT2D eigenvalue weighted by atomic mass is 9.86. The number of hydrogen-bond acceptors (Lipinski definition) is 5. The Morgan fingerprint density at radius 1 is 0.839 bits per heavy atom. The van der Waals surface area contributed by atoms with Gasteiger partial charge in [0, 0.05) is 6.54 Å². The molecular weight excluding hydrogens is 398 g/mol. The molecule has 0 aromatic heterocycles. The van der Waals surface area contributed by atoms with E-state index in [-0.39, 0.29) is 5.41 Å². The molecule has 0 aliphatic heterocycles. The summed E-state index contributed by atoms with van der Waals surface area (Å²) in [7, 11) is 0. The first kappa shape index (κ1) is 26.1. The van der Waals surface area contributed by atoms with Crippen LogP contribution in [0.15, 0.2) is 54.6 Å². The molecule has 0 heterocycles.